The molecular formula is C23H34IN7. The second-order valence-electron chi connectivity index (χ2n) is 8.15. The van der Waals surface area contributed by atoms with Gasteiger partial charge in [0, 0.05) is 70.8 Å². The van der Waals surface area contributed by atoms with Crippen LogP contribution in [0.25, 0.3) is 0 Å². The molecule has 2 N–H and O–H groups in total. The fourth-order valence-electron chi connectivity index (χ4n) is 4.10. The van der Waals surface area contributed by atoms with Crippen LogP contribution in [0.3, 0.4) is 0 Å². The summed E-state index contributed by atoms with van der Waals surface area (Å²) in [6.45, 7) is 7.03. The average Bonchev–Trinajstić information content (AvgIpc) is 3.26. The Morgan fingerprint density at radius 2 is 1.84 bits per heavy atom. The number of aliphatic imine (C=N–C) groups is 1. The van der Waals surface area contributed by atoms with E-state index in [1.165, 1.54) is 11.3 Å². The van der Waals surface area contributed by atoms with Gasteiger partial charge in [0.05, 0.1) is 0 Å². The number of rotatable bonds is 5. The lowest BCUT2D eigenvalue weighted by atomic mass is 10.2. The molecule has 1 atom stereocenters. The zero-order chi connectivity index (χ0) is 20.8. The molecule has 31 heavy (non-hydrogen) atoms. The Balaban J connectivity index is 0.00000272. The minimum absolute atomic E-state index is 0. The Hall–Kier alpha value is -2.07. The number of piperazine rings is 1. The van der Waals surface area contributed by atoms with Crippen molar-refractivity contribution in [2.45, 2.75) is 19.0 Å². The highest BCUT2D eigenvalue weighted by Gasteiger charge is 2.23. The van der Waals surface area contributed by atoms with Crippen LogP contribution in [0, 0.1) is 0 Å². The summed E-state index contributed by atoms with van der Waals surface area (Å²) in [4.78, 5) is 16.2. The smallest absolute Gasteiger partial charge is 0.191 e. The van der Waals surface area contributed by atoms with Crippen molar-refractivity contribution in [2.75, 3.05) is 63.2 Å². The van der Waals surface area contributed by atoms with Gasteiger partial charge in [-0.05, 0) is 43.3 Å². The third-order valence-electron chi connectivity index (χ3n) is 5.97. The number of likely N-dealkylation sites (N-methyl/N-ethyl adjacent to an activating group) is 1. The summed E-state index contributed by atoms with van der Waals surface area (Å²) in [5.41, 5.74) is 2.51. The summed E-state index contributed by atoms with van der Waals surface area (Å²) in [6, 6.07) is 15.3. The van der Waals surface area contributed by atoms with Crippen LogP contribution >= 0.6 is 24.0 Å². The van der Waals surface area contributed by atoms with E-state index in [1.54, 1.807) is 0 Å². The number of halogens is 1. The molecule has 0 spiro atoms. The molecule has 2 saturated heterocycles. The van der Waals surface area contributed by atoms with Crippen molar-refractivity contribution in [3.63, 3.8) is 0 Å². The SMILES string of the molecule is CN=C(NCc1ccnc(N2CCN(C)CC2)c1)NC1CCN(c2ccccc2)C1.I. The molecule has 0 saturated carbocycles. The molecule has 168 valence electrons. The summed E-state index contributed by atoms with van der Waals surface area (Å²) < 4.78 is 0. The van der Waals surface area contributed by atoms with Crippen molar-refractivity contribution >= 4 is 41.4 Å². The molecule has 0 bridgehead atoms. The van der Waals surface area contributed by atoms with Gasteiger partial charge < -0.3 is 25.3 Å². The first-order chi connectivity index (χ1) is 14.7. The van der Waals surface area contributed by atoms with E-state index in [9.17, 15) is 0 Å². The zero-order valence-electron chi connectivity index (χ0n) is 18.5. The van der Waals surface area contributed by atoms with Crippen molar-refractivity contribution in [1.29, 1.82) is 0 Å². The van der Waals surface area contributed by atoms with Gasteiger partial charge in [0.15, 0.2) is 5.96 Å². The van der Waals surface area contributed by atoms with Crippen LogP contribution in [0.1, 0.15) is 12.0 Å². The fourth-order valence-corrected chi connectivity index (χ4v) is 4.10. The maximum Gasteiger partial charge on any atom is 0.191 e. The number of nitrogens with one attached hydrogen (secondary N) is 2. The molecule has 0 aliphatic carbocycles. The predicted molar refractivity (Wildman–Crippen MR) is 140 cm³/mol. The van der Waals surface area contributed by atoms with Crippen LogP contribution < -0.4 is 20.4 Å². The van der Waals surface area contributed by atoms with Gasteiger partial charge in [-0.2, -0.15) is 0 Å². The van der Waals surface area contributed by atoms with Crippen molar-refractivity contribution in [2.24, 2.45) is 4.99 Å². The van der Waals surface area contributed by atoms with Crippen molar-refractivity contribution in [3.05, 3.63) is 54.2 Å². The maximum atomic E-state index is 4.58. The Bertz CT molecular complexity index is 837. The fraction of sp³-hybridized carbons (Fsp3) is 0.478. The van der Waals surface area contributed by atoms with E-state index in [2.05, 4.69) is 84.8 Å². The largest absolute Gasteiger partial charge is 0.369 e. The number of para-hydroxylation sites is 1. The van der Waals surface area contributed by atoms with Gasteiger partial charge in [-0.1, -0.05) is 18.2 Å². The third-order valence-corrected chi connectivity index (χ3v) is 5.97. The Labute approximate surface area is 202 Å². The van der Waals surface area contributed by atoms with E-state index in [1.807, 2.05) is 13.2 Å². The molecule has 2 aliphatic rings. The molecule has 7 nitrogen and oxygen atoms in total. The lowest BCUT2D eigenvalue weighted by Gasteiger charge is -2.33. The van der Waals surface area contributed by atoms with Crippen molar-refractivity contribution in [1.82, 2.24) is 20.5 Å². The number of anilines is 2. The van der Waals surface area contributed by atoms with Crippen LogP contribution in [0.15, 0.2) is 53.7 Å². The van der Waals surface area contributed by atoms with Crippen LogP contribution in [0.5, 0.6) is 0 Å². The maximum absolute atomic E-state index is 4.58. The summed E-state index contributed by atoms with van der Waals surface area (Å²) in [7, 11) is 4.01. The predicted octanol–water partition coefficient (Wildman–Crippen LogP) is 2.40. The summed E-state index contributed by atoms with van der Waals surface area (Å²) in [6.07, 6.45) is 3.02. The topological polar surface area (TPSA) is 59.0 Å². The first-order valence-electron chi connectivity index (χ1n) is 10.9. The first kappa shape index (κ1) is 23.6. The van der Waals surface area contributed by atoms with Gasteiger partial charge in [0.2, 0.25) is 0 Å². The molecule has 3 heterocycles. The second kappa shape index (κ2) is 11.5. The normalized spacial score (nSPS) is 19.8. The summed E-state index contributed by atoms with van der Waals surface area (Å²) >= 11 is 0. The highest BCUT2D eigenvalue weighted by atomic mass is 127. The van der Waals surface area contributed by atoms with Gasteiger partial charge in [0.1, 0.15) is 5.82 Å². The molecule has 2 fully saturated rings. The lowest BCUT2D eigenvalue weighted by Crippen LogP contribution is -2.45. The van der Waals surface area contributed by atoms with E-state index in [4.69, 9.17) is 0 Å². The van der Waals surface area contributed by atoms with Gasteiger partial charge in [0.25, 0.3) is 0 Å². The van der Waals surface area contributed by atoms with Gasteiger partial charge in [-0.3, -0.25) is 4.99 Å². The lowest BCUT2D eigenvalue weighted by molar-refractivity contribution is 0.312. The highest BCUT2D eigenvalue weighted by Crippen LogP contribution is 2.19. The molecule has 1 unspecified atom stereocenters. The van der Waals surface area contributed by atoms with Crippen LogP contribution in [-0.4, -0.2) is 75.2 Å². The molecule has 0 amide bonds. The van der Waals surface area contributed by atoms with E-state index in [0.29, 0.717) is 6.04 Å². The molecule has 2 aliphatic heterocycles. The Morgan fingerprint density at radius 3 is 2.58 bits per heavy atom. The summed E-state index contributed by atoms with van der Waals surface area (Å²) in [5, 5.41) is 7.05. The number of benzene rings is 1. The molecule has 0 radical (unpaired) electrons. The first-order valence-corrected chi connectivity index (χ1v) is 10.9. The number of hydrogen-bond donors (Lipinski definition) is 2. The standard InChI is InChI=1S/C23H33N7.HI/c1-24-23(27-20-9-11-30(18-20)21-6-4-3-5-7-21)26-17-19-8-10-25-22(16-19)29-14-12-28(2)13-15-29;/h3-8,10,16,20H,9,11-15,17-18H2,1-2H3,(H2,24,26,27);1H. The van der Waals surface area contributed by atoms with Crippen molar-refractivity contribution in [3.8, 4) is 0 Å². The molecule has 4 rings (SSSR count). The third kappa shape index (κ3) is 6.46. The van der Waals surface area contributed by atoms with E-state index in [0.717, 1.165) is 64.0 Å². The van der Waals surface area contributed by atoms with Gasteiger partial charge >= 0.3 is 0 Å². The quantitative estimate of drug-likeness (QED) is 0.349. The number of pyridine rings is 1. The zero-order valence-corrected chi connectivity index (χ0v) is 20.8. The molecule has 1 aromatic carbocycles. The minimum atomic E-state index is 0. The highest BCUT2D eigenvalue weighted by molar-refractivity contribution is 14.0. The summed E-state index contributed by atoms with van der Waals surface area (Å²) in [5.74, 6) is 1.92. The molecule has 2 aromatic rings. The minimum Gasteiger partial charge on any atom is -0.369 e. The van der Waals surface area contributed by atoms with E-state index < -0.39 is 0 Å². The van der Waals surface area contributed by atoms with Crippen LogP contribution in [0.4, 0.5) is 11.5 Å². The van der Waals surface area contributed by atoms with Gasteiger partial charge in [-0.25, -0.2) is 4.98 Å². The molecule has 8 heteroatoms. The number of hydrogen-bond acceptors (Lipinski definition) is 5. The Kier molecular flexibility index (Phi) is 8.77. The van der Waals surface area contributed by atoms with Crippen LogP contribution in [-0.2, 0) is 6.54 Å². The number of aromatic nitrogens is 1. The van der Waals surface area contributed by atoms with E-state index in [-0.39, 0.29) is 24.0 Å². The number of nitrogens with zero attached hydrogens (tertiary/aromatic N) is 5. The van der Waals surface area contributed by atoms with Crippen LogP contribution in [0.2, 0.25) is 0 Å². The van der Waals surface area contributed by atoms with E-state index >= 15 is 0 Å². The molecule has 1 aromatic heterocycles. The monoisotopic (exact) mass is 535 g/mol. The van der Waals surface area contributed by atoms with Crippen molar-refractivity contribution < 1.29 is 0 Å². The average molecular weight is 535 g/mol. The number of guanidine groups is 1. The Morgan fingerprint density at radius 1 is 1.06 bits per heavy atom. The second-order valence-corrected chi connectivity index (χ2v) is 8.15. The van der Waals surface area contributed by atoms with Gasteiger partial charge in [-0.15, -0.1) is 24.0 Å². The molecular weight excluding hydrogens is 501 g/mol.